The van der Waals surface area contributed by atoms with E-state index in [2.05, 4.69) is 5.32 Å². The number of carbonyl (C=O) groups excluding carboxylic acids is 1. The van der Waals surface area contributed by atoms with Crippen LogP contribution in [0.2, 0.25) is 0 Å². The Labute approximate surface area is 120 Å². The molecule has 0 aliphatic heterocycles. The Morgan fingerprint density at radius 1 is 1.30 bits per heavy atom. The molecule has 5 nitrogen and oxygen atoms in total. The van der Waals surface area contributed by atoms with E-state index in [1.807, 2.05) is 19.1 Å². The first-order valence-corrected chi connectivity index (χ1v) is 8.50. The molecule has 1 N–H and O–H groups in total. The minimum atomic E-state index is -3.52. The van der Waals surface area contributed by atoms with Crippen molar-refractivity contribution in [2.75, 3.05) is 10.6 Å². The summed E-state index contributed by atoms with van der Waals surface area (Å²) in [6.45, 7) is 3.54. The van der Waals surface area contributed by atoms with Crippen LogP contribution >= 0.6 is 0 Å². The standard InChI is InChI=1S/C14H20N2O3S/c1-10-4-8-13(9-5-10)16(20(3,18)19)11(2)14(17)15-12-6-7-12/h4-5,8-9,11-12H,6-7H2,1-3H3,(H,15,17). The SMILES string of the molecule is Cc1ccc(N(C(C)C(=O)NC2CC2)S(C)(=O)=O)cc1. The topological polar surface area (TPSA) is 66.5 Å². The van der Waals surface area contributed by atoms with E-state index >= 15 is 0 Å². The molecule has 1 aliphatic carbocycles. The fraction of sp³-hybridized carbons (Fsp3) is 0.500. The van der Waals surface area contributed by atoms with Gasteiger partial charge in [-0.3, -0.25) is 9.10 Å². The van der Waals surface area contributed by atoms with E-state index in [0.717, 1.165) is 24.7 Å². The van der Waals surface area contributed by atoms with Crippen molar-refractivity contribution in [2.45, 2.75) is 38.8 Å². The van der Waals surface area contributed by atoms with Crippen LogP contribution in [0.1, 0.15) is 25.3 Å². The summed E-state index contributed by atoms with van der Waals surface area (Å²) in [7, 11) is -3.52. The predicted molar refractivity (Wildman–Crippen MR) is 79.1 cm³/mol. The molecule has 0 saturated heterocycles. The maximum Gasteiger partial charge on any atom is 0.243 e. The molecule has 1 aromatic carbocycles. The third-order valence-corrected chi connectivity index (χ3v) is 4.54. The van der Waals surface area contributed by atoms with Crippen LogP contribution < -0.4 is 9.62 Å². The van der Waals surface area contributed by atoms with Crippen LogP contribution in [0.15, 0.2) is 24.3 Å². The Bertz CT molecular complexity index is 591. The van der Waals surface area contributed by atoms with E-state index in [9.17, 15) is 13.2 Å². The van der Waals surface area contributed by atoms with E-state index in [0.29, 0.717) is 5.69 Å². The molecule has 1 saturated carbocycles. The maximum atomic E-state index is 12.1. The van der Waals surface area contributed by atoms with Gasteiger partial charge in [-0.25, -0.2) is 8.42 Å². The summed E-state index contributed by atoms with van der Waals surface area (Å²) in [6, 6.07) is 6.56. The first-order chi connectivity index (χ1) is 9.29. The molecule has 1 atom stereocenters. The summed E-state index contributed by atoms with van der Waals surface area (Å²) in [4.78, 5) is 12.1. The van der Waals surface area contributed by atoms with Crippen molar-refractivity contribution in [3.63, 3.8) is 0 Å². The van der Waals surface area contributed by atoms with E-state index in [-0.39, 0.29) is 11.9 Å². The van der Waals surface area contributed by atoms with Crippen molar-refractivity contribution in [2.24, 2.45) is 0 Å². The van der Waals surface area contributed by atoms with Crippen LogP contribution in [-0.2, 0) is 14.8 Å². The van der Waals surface area contributed by atoms with Gasteiger partial charge in [0.05, 0.1) is 11.9 Å². The van der Waals surface area contributed by atoms with Crippen molar-refractivity contribution < 1.29 is 13.2 Å². The van der Waals surface area contributed by atoms with E-state index < -0.39 is 16.1 Å². The summed E-state index contributed by atoms with van der Waals surface area (Å²) in [5.41, 5.74) is 1.55. The van der Waals surface area contributed by atoms with Crippen molar-refractivity contribution in [1.29, 1.82) is 0 Å². The molecule has 110 valence electrons. The highest BCUT2D eigenvalue weighted by molar-refractivity contribution is 7.92. The van der Waals surface area contributed by atoms with Crippen LogP contribution in [0.5, 0.6) is 0 Å². The lowest BCUT2D eigenvalue weighted by Crippen LogP contribution is -2.48. The lowest BCUT2D eigenvalue weighted by atomic mass is 10.2. The minimum absolute atomic E-state index is 0.212. The summed E-state index contributed by atoms with van der Waals surface area (Å²) >= 11 is 0. The fourth-order valence-electron chi connectivity index (χ4n) is 2.05. The molecule has 0 spiro atoms. The molecule has 6 heteroatoms. The van der Waals surface area contributed by atoms with Crippen molar-refractivity contribution >= 4 is 21.6 Å². The first-order valence-electron chi connectivity index (χ1n) is 6.65. The predicted octanol–water partition coefficient (Wildman–Crippen LogP) is 1.43. The number of sulfonamides is 1. The zero-order chi connectivity index (χ0) is 14.9. The molecule has 0 radical (unpaired) electrons. The summed E-state index contributed by atoms with van der Waals surface area (Å²) in [5.74, 6) is -0.251. The first kappa shape index (κ1) is 14.8. The second-order valence-corrected chi connectivity index (χ2v) is 7.21. The lowest BCUT2D eigenvalue weighted by Gasteiger charge is -2.28. The second-order valence-electron chi connectivity index (χ2n) is 5.35. The highest BCUT2D eigenvalue weighted by atomic mass is 32.2. The largest absolute Gasteiger partial charge is 0.352 e. The highest BCUT2D eigenvalue weighted by Crippen LogP contribution is 2.23. The summed E-state index contributed by atoms with van der Waals surface area (Å²) < 4.78 is 25.2. The van der Waals surface area contributed by atoms with E-state index in [1.165, 1.54) is 4.31 Å². The van der Waals surface area contributed by atoms with Gasteiger partial charge >= 0.3 is 0 Å². The molecule has 1 amide bonds. The number of hydrogen-bond acceptors (Lipinski definition) is 3. The summed E-state index contributed by atoms with van der Waals surface area (Å²) in [5, 5.41) is 2.84. The molecule has 0 bridgehead atoms. The van der Waals surface area contributed by atoms with Crippen molar-refractivity contribution in [3.05, 3.63) is 29.8 Å². The number of rotatable bonds is 5. The van der Waals surface area contributed by atoms with Gasteiger partial charge in [-0.2, -0.15) is 0 Å². The molecule has 20 heavy (non-hydrogen) atoms. The quantitative estimate of drug-likeness (QED) is 0.894. The molecular weight excluding hydrogens is 276 g/mol. The number of benzene rings is 1. The summed E-state index contributed by atoms with van der Waals surface area (Å²) in [6.07, 6.45) is 3.07. The Kier molecular flexibility index (Phi) is 4.04. The number of anilines is 1. The Morgan fingerprint density at radius 3 is 2.30 bits per heavy atom. The Balaban J connectivity index is 2.27. The van der Waals surface area contributed by atoms with Gasteiger partial charge in [-0.15, -0.1) is 0 Å². The van der Waals surface area contributed by atoms with Crippen LogP contribution in [0.3, 0.4) is 0 Å². The van der Waals surface area contributed by atoms with Crippen LogP contribution in [-0.4, -0.2) is 32.7 Å². The number of carbonyl (C=O) groups is 1. The smallest absolute Gasteiger partial charge is 0.243 e. The lowest BCUT2D eigenvalue weighted by molar-refractivity contribution is -0.121. The normalized spacial score (nSPS) is 16.6. The number of nitrogens with zero attached hydrogens (tertiary/aromatic N) is 1. The number of hydrogen-bond donors (Lipinski definition) is 1. The molecule has 1 aliphatic rings. The minimum Gasteiger partial charge on any atom is -0.352 e. The van der Waals surface area contributed by atoms with Gasteiger partial charge in [0.15, 0.2) is 0 Å². The van der Waals surface area contributed by atoms with Crippen molar-refractivity contribution in [3.8, 4) is 0 Å². The van der Waals surface area contributed by atoms with Gasteiger partial charge < -0.3 is 5.32 Å². The zero-order valence-electron chi connectivity index (χ0n) is 12.0. The maximum absolute atomic E-state index is 12.1. The number of amides is 1. The van der Waals surface area contributed by atoms with Gasteiger partial charge in [-0.1, -0.05) is 17.7 Å². The Hall–Kier alpha value is -1.56. The fourth-order valence-corrected chi connectivity index (χ4v) is 3.22. The van der Waals surface area contributed by atoms with Crippen molar-refractivity contribution in [1.82, 2.24) is 5.32 Å². The van der Waals surface area contributed by atoms with Gasteiger partial charge in [0.25, 0.3) is 0 Å². The molecule has 1 fully saturated rings. The number of aryl methyl sites for hydroxylation is 1. The van der Waals surface area contributed by atoms with Crippen LogP contribution in [0.25, 0.3) is 0 Å². The molecule has 0 heterocycles. The van der Waals surface area contributed by atoms with Gasteiger partial charge in [0.2, 0.25) is 15.9 Å². The molecule has 0 aromatic heterocycles. The third kappa shape index (κ3) is 3.50. The number of nitrogens with one attached hydrogen (secondary N) is 1. The third-order valence-electron chi connectivity index (χ3n) is 3.30. The van der Waals surface area contributed by atoms with E-state index in [1.54, 1.807) is 19.1 Å². The van der Waals surface area contributed by atoms with Gasteiger partial charge in [0, 0.05) is 6.04 Å². The monoisotopic (exact) mass is 296 g/mol. The highest BCUT2D eigenvalue weighted by Gasteiger charge is 2.32. The van der Waals surface area contributed by atoms with E-state index in [4.69, 9.17) is 0 Å². The van der Waals surface area contributed by atoms with Gasteiger partial charge in [0.1, 0.15) is 6.04 Å². The molecule has 1 aromatic rings. The Morgan fingerprint density at radius 2 is 1.85 bits per heavy atom. The van der Waals surface area contributed by atoms with Crippen LogP contribution in [0, 0.1) is 6.92 Å². The molecule has 1 unspecified atom stereocenters. The molecule has 2 rings (SSSR count). The van der Waals surface area contributed by atoms with Gasteiger partial charge in [-0.05, 0) is 38.8 Å². The average molecular weight is 296 g/mol. The second kappa shape index (κ2) is 5.44. The average Bonchev–Trinajstić information content (AvgIpc) is 3.14. The molecular formula is C14H20N2O3S. The van der Waals surface area contributed by atoms with Crippen LogP contribution in [0.4, 0.5) is 5.69 Å². The zero-order valence-corrected chi connectivity index (χ0v) is 12.8.